The van der Waals surface area contributed by atoms with Crippen molar-refractivity contribution in [2.24, 2.45) is 5.73 Å². The molecule has 0 radical (unpaired) electrons. The molecule has 0 atom stereocenters. The average molecular weight is 482 g/mol. The molecule has 9 nitrogen and oxygen atoms in total. The first kappa shape index (κ1) is 24.9. The number of nitrogens with one attached hydrogen (secondary N) is 1. The minimum atomic E-state index is -4.43. The van der Waals surface area contributed by atoms with Crippen molar-refractivity contribution in [3.05, 3.63) is 41.6 Å². The quantitative estimate of drug-likeness (QED) is 0.594. The maximum absolute atomic E-state index is 12.8. The van der Waals surface area contributed by atoms with Crippen LogP contribution in [0.3, 0.4) is 0 Å². The van der Waals surface area contributed by atoms with Gasteiger partial charge in [-0.2, -0.15) is 13.2 Å². The van der Waals surface area contributed by atoms with Crippen molar-refractivity contribution in [3.8, 4) is 17.2 Å². The third-order valence-corrected chi connectivity index (χ3v) is 5.31. The SMILES string of the molecule is COc1cc(C(=O)NC2CCN(c3ccc(C(F)(F)F)cn3)CC2)cc(OC)c1OCC(N)=O. The van der Waals surface area contributed by atoms with Gasteiger partial charge in [0.2, 0.25) is 5.75 Å². The number of hydrogen-bond donors (Lipinski definition) is 2. The number of carbonyl (C=O) groups excluding carboxylic acids is 2. The number of alkyl halides is 3. The van der Waals surface area contributed by atoms with Gasteiger partial charge in [0, 0.05) is 30.9 Å². The minimum Gasteiger partial charge on any atom is -0.493 e. The van der Waals surface area contributed by atoms with Crippen LogP contribution in [0.25, 0.3) is 0 Å². The summed E-state index contributed by atoms with van der Waals surface area (Å²) in [4.78, 5) is 29.7. The standard InChI is InChI=1S/C22H25F3N4O5/c1-32-16-9-13(10-17(33-2)20(16)34-12-18(26)30)21(31)28-15-5-7-29(8-6-15)19-4-3-14(11-27-19)22(23,24)25/h3-4,9-11,15H,5-8,12H2,1-2H3,(H2,26,30)(H,28,31). The molecule has 1 fully saturated rings. The maximum atomic E-state index is 12.8. The Morgan fingerprint density at radius 3 is 2.24 bits per heavy atom. The second kappa shape index (κ2) is 10.5. The van der Waals surface area contributed by atoms with Gasteiger partial charge >= 0.3 is 6.18 Å². The number of rotatable bonds is 8. The Labute approximate surface area is 194 Å². The average Bonchev–Trinajstić information content (AvgIpc) is 2.82. The molecule has 0 unspecified atom stereocenters. The molecule has 1 saturated heterocycles. The number of methoxy groups -OCH3 is 2. The van der Waals surface area contributed by atoms with Gasteiger partial charge in [-0.25, -0.2) is 4.98 Å². The zero-order valence-corrected chi connectivity index (χ0v) is 18.6. The molecule has 3 N–H and O–H groups in total. The Balaban J connectivity index is 1.63. The normalized spacial score (nSPS) is 14.4. The molecule has 1 aromatic heterocycles. The number of ether oxygens (including phenoxy) is 3. The third kappa shape index (κ3) is 6.00. The Kier molecular flexibility index (Phi) is 7.69. The Bertz CT molecular complexity index is 997. The topological polar surface area (TPSA) is 116 Å². The second-order valence-electron chi connectivity index (χ2n) is 7.60. The molecule has 1 aromatic carbocycles. The van der Waals surface area contributed by atoms with Crippen molar-refractivity contribution < 1.29 is 37.0 Å². The smallest absolute Gasteiger partial charge is 0.417 e. The fourth-order valence-electron chi connectivity index (χ4n) is 3.56. The lowest BCUT2D eigenvalue weighted by atomic mass is 10.0. The summed E-state index contributed by atoms with van der Waals surface area (Å²) in [7, 11) is 2.77. The van der Waals surface area contributed by atoms with E-state index in [0.29, 0.717) is 31.7 Å². The maximum Gasteiger partial charge on any atom is 0.417 e. The van der Waals surface area contributed by atoms with Crippen LogP contribution in [0, 0.1) is 0 Å². The Morgan fingerprint density at radius 2 is 1.76 bits per heavy atom. The van der Waals surface area contributed by atoms with Gasteiger partial charge in [-0.1, -0.05) is 0 Å². The summed E-state index contributed by atoms with van der Waals surface area (Å²) >= 11 is 0. The molecule has 0 spiro atoms. The highest BCUT2D eigenvalue weighted by atomic mass is 19.4. The van der Waals surface area contributed by atoms with E-state index in [-0.39, 0.29) is 41.4 Å². The van der Waals surface area contributed by atoms with Crippen LogP contribution in [0.2, 0.25) is 0 Å². The highest BCUT2D eigenvalue weighted by Gasteiger charge is 2.31. The number of halogens is 3. The van der Waals surface area contributed by atoms with Crippen molar-refractivity contribution in [2.75, 3.05) is 38.8 Å². The number of anilines is 1. The zero-order valence-electron chi connectivity index (χ0n) is 18.6. The van der Waals surface area contributed by atoms with E-state index in [0.717, 1.165) is 12.3 Å². The molecule has 2 amide bonds. The number of pyridine rings is 1. The number of carbonyl (C=O) groups is 2. The van der Waals surface area contributed by atoms with Crippen LogP contribution in [-0.2, 0) is 11.0 Å². The monoisotopic (exact) mass is 482 g/mol. The molecule has 184 valence electrons. The van der Waals surface area contributed by atoms with Gasteiger partial charge in [0.15, 0.2) is 18.1 Å². The van der Waals surface area contributed by atoms with E-state index in [1.54, 1.807) is 0 Å². The Hall–Kier alpha value is -3.70. The molecule has 2 heterocycles. The molecule has 1 aliphatic rings. The third-order valence-electron chi connectivity index (χ3n) is 5.31. The number of piperidine rings is 1. The lowest BCUT2D eigenvalue weighted by molar-refractivity contribution is -0.137. The lowest BCUT2D eigenvalue weighted by Crippen LogP contribution is -2.45. The van der Waals surface area contributed by atoms with Crippen LogP contribution in [0.1, 0.15) is 28.8 Å². The molecule has 12 heteroatoms. The van der Waals surface area contributed by atoms with Gasteiger partial charge in [-0.3, -0.25) is 9.59 Å². The van der Waals surface area contributed by atoms with Gasteiger partial charge in [-0.15, -0.1) is 0 Å². The summed E-state index contributed by atoms with van der Waals surface area (Å²) in [6, 6.07) is 5.15. The number of primary amides is 1. The fourth-order valence-corrected chi connectivity index (χ4v) is 3.56. The summed E-state index contributed by atoms with van der Waals surface area (Å²) in [5.41, 5.74) is 4.59. The molecule has 34 heavy (non-hydrogen) atoms. The molecule has 0 bridgehead atoms. The van der Waals surface area contributed by atoms with Gasteiger partial charge in [0.05, 0.1) is 19.8 Å². The van der Waals surface area contributed by atoms with Crippen LogP contribution in [0.5, 0.6) is 17.2 Å². The van der Waals surface area contributed by atoms with Gasteiger partial charge in [-0.05, 0) is 37.1 Å². The molecule has 2 aromatic rings. The largest absolute Gasteiger partial charge is 0.493 e. The number of benzene rings is 1. The molecular formula is C22H25F3N4O5. The molecule has 1 aliphatic heterocycles. The highest BCUT2D eigenvalue weighted by molar-refractivity contribution is 5.96. The summed E-state index contributed by atoms with van der Waals surface area (Å²) in [5, 5.41) is 2.95. The molecule has 0 aliphatic carbocycles. The van der Waals surface area contributed by atoms with E-state index in [2.05, 4.69) is 10.3 Å². The van der Waals surface area contributed by atoms with Crippen molar-refractivity contribution >= 4 is 17.6 Å². The van der Waals surface area contributed by atoms with Crippen LogP contribution >= 0.6 is 0 Å². The minimum absolute atomic E-state index is 0.138. The zero-order chi connectivity index (χ0) is 24.9. The fraction of sp³-hybridized carbons (Fsp3) is 0.409. The number of aromatic nitrogens is 1. The van der Waals surface area contributed by atoms with Crippen molar-refractivity contribution in [3.63, 3.8) is 0 Å². The van der Waals surface area contributed by atoms with Crippen molar-refractivity contribution in [1.29, 1.82) is 0 Å². The number of hydrogen-bond acceptors (Lipinski definition) is 7. The van der Waals surface area contributed by atoms with Gasteiger partial charge < -0.3 is 30.2 Å². The van der Waals surface area contributed by atoms with E-state index in [9.17, 15) is 22.8 Å². The number of nitrogens with two attached hydrogens (primary N) is 1. The van der Waals surface area contributed by atoms with E-state index in [1.165, 1.54) is 32.4 Å². The van der Waals surface area contributed by atoms with Gasteiger partial charge in [0.1, 0.15) is 5.82 Å². The van der Waals surface area contributed by atoms with Crippen LogP contribution in [0.4, 0.5) is 19.0 Å². The number of amides is 2. The first-order chi connectivity index (χ1) is 16.1. The first-order valence-corrected chi connectivity index (χ1v) is 10.4. The van der Waals surface area contributed by atoms with E-state index >= 15 is 0 Å². The molecule has 3 rings (SSSR count). The van der Waals surface area contributed by atoms with Crippen molar-refractivity contribution in [1.82, 2.24) is 10.3 Å². The highest BCUT2D eigenvalue weighted by Crippen LogP contribution is 2.38. The van der Waals surface area contributed by atoms with Crippen LogP contribution in [-0.4, -0.2) is 56.8 Å². The predicted molar refractivity (Wildman–Crippen MR) is 116 cm³/mol. The number of nitrogens with zero attached hydrogens (tertiary/aromatic N) is 2. The summed E-state index contributed by atoms with van der Waals surface area (Å²) in [5.74, 6) is -0.0210. The van der Waals surface area contributed by atoms with Crippen LogP contribution < -0.4 is 30.2 Å². The van der Waals surface area contributed by atoms with Crippen molar-refractivity contribution in [2.45, 2.75) is 25.1 Å². The lowest BCUT2D eigenvalue weighted by Gasteiger charge is -2.33. The summed E-state index contributed by atoms with van der Waals surface area (Å²) in [6.45, 7) is 0.663. The van der Waals surface area contributed by atoms with Gasteiger partial charge in [0.25, 0.3) is 11.8 Å². The van der Waals surface area contributed by atoms with Crippen LogP contribution in [0.15, 0.2) is 30.5 Å². The molecule has 0 saturated carbocycles. The van der Waals surface area contributed by atoms with E-state index in [4.69, 9.17) is 19.9 Å². The Morgan fingerprint density at radius 1 is 1.15 bits per heavy atom. The predicted octanol–water partition coefficient (Wildman–Crippen LogP) is 2.38. The molecular weight excluding hydrogens is 457 g/mol. The summed E-state index contributed by atoms with van der Waals surface area (Å²) in [6.07, 6.45) is -2.44. The van der Waals surface area contributed by atoms with E-state index in [1.807, 2.05) is 4.90 Å². The second-order valence-corrected chi connectivity index (χ2v) is 7.60. The first-order valence-electron chi connectivity index (χ1n) is 10.4. The van der Waals surface area contributed by atoms with E-state index < -0.39 is 17.6 Å². The summed E-state index contributed by atoms with van der Waals surface area (Å²) < 4.78 is 54.1.